The zero-order chi connectivity index (χ0) is 13.1. The summed E-state index contributed by atoms with van der Waals surface area (Å²) in [5.41, 5.74) is 7.65. The van der Waals surface area contributed by atoms with Crippen molar-refractivity contribution >= 4 is 35.6 Å². The zero-order valence-corrected chi connectivity index (χ0v) is 12.4. The third-order valence-electron chi connectivity index (χ3n) is 2.66. The Bertz CT molecular complexity index is 522. The predicted octanol–water partition coefficient (Wildman–Crippen LogP) is 3.07. The Morgan fingerprint density at radius 2 is 1.84 bits per heavy atom. The summed E-state index contributed by atoms with van der Waals surface area (Å²) >= 11 is 12.0. The van der Waals surface area contributed by atoms with E-state index in [9.17, 15) is 0 Å². The number of nitrogens with zero attached hydrogens (tertiary/aromatic N) is 1. The molecule has 0 bridgehead atoms. The first-order valence-corrected chi connectivity index (χ1v) is 6.35. The number of hydrogen-bond donors (Lipinski definition) is 2. The molecule has 0 aliphatic rings. The van der Waals surface area contributed by atoms with E-state index in [-0.39, 0.29) is 25.1 Å². The molecule has 2 rings (SSSR count). The van der Waals surface area contributed by atoms with Crippen molar-refractivity contribution in [3.05, 3.63) is 52.3 Å². The van der Waals surface area contributed by atoms with Gasteiger partial charge in [-0.05, 0) is 30.3 Å². The Labute approximate surface area is 128 Å². The molecular formula is C13H15Cl3N2O. The van der Waals surface area contributed by atoms with Gasteiger partial charge in [0.2, 0.25) is 0 Å². The lowest BCUT2D eigenvalue weighted by Crippen LogP contribution is -2.27. The average Bonchev–Trinajstić information content (AvgIpc) is 2.75. The summed E-state index contributed by atoms with van der Waals surface area (Å²) in [6, 6.07) is 8.98. The molecule has 1 heterocycles. The van der Waals surface area contributed by atoms with Gasteiger partial charge in [-0.3, -0.25) is 0 Å². The minimum atomic E-state index is -0.270. The summed E-state index contributed by atoms with van der Waals surface area (Å²) in [7, 11) is 0. The van der Waals surface area contributed by atoms with Crippen molar-refractivity contribution in [2.75, 3.05) is 6.61 Å². The molecular weight excluding hydrogens is 307 g/mol. The van der Waals surface area contributed by atoms with Crippen molar-refractivity contribution in [2.24, 2.45) is 5.73 Å². The SMILES string of the molecule is Cl.NC(CO)Cc1cccn1-c1cc(Cl)cc(Cl)c1. The maximum atomic E-state index is 9.01. The fourth-order valence-corrected chi connectivity index (χ4v) is 2.36. The Hall–Kier alpha value is -0.710. The van der Waals surface area contributed by atoms with Crippen LogP contribution in [0.25, 0.3) is 5.69 Å². The van der Waals surface area contributed by atoms with Crippen LogP contribution in [0.4, 0.5) is 0 Å². The van der Waals surface area contributed by atoms with Crippen LogP contribution >= 0.6 is 35.6 Å². The summed E-state index contributed by atoms with van der Waals surface area (Å²) < 4.78 is 1.97. The van der Waals surface area contributed by atoms with Gasteiger partial charge in [-0.15, -0.1) is 12.4 Å². The van der Waals surface area contributed by atoms with Gasteiger partial charge in [-0.1, -0.05) is 23.2 Å². The first-order valence-electron chi connectivity index (χ1n) is 5.59. The van der Waals surface area contributed by atoms with Crippen molar-refractivity contribution in [1.29, 1.82) is 0 Å². The fraction of sp³-hybridized carbons (Fsp3) is 0.231. The molecule has 19 heavy (non-hydrogen) atoms. The number of rotatable bonds is 4. The smallest absolute Gasteiger partial charge is 0.0586 e. The molecule has 0 aliphatic heterocycles. The molecule has 1 aromatic heterocycles. The van der Waals surface area contributed by atoms with Gasteiger partial charge >= 0.3 is 0 Å². The number of benzene rings is 1. The lowest BCUT2D eigenvalue weighted by Gasteiger charge is -2.13. The van der Waals surface area contributed by atoms with Crippen LogP contribution in [-0.2, 0) is 6.42 Å². The van der Waals surface area contributed by atoms with Gasteiger partial charge in [-0.2, -0.15) is 0 Å². The Morgan fingerprint density at radius 3 is 2.42 bits per heavy atom. The lowest BCUT2D eigenvalue weighted by atomic mass is 10.2. The van der Waals surface area contributed by atoms with E-state index >= 15 is 0 Å². The second-order valence-corrected chi connectivity index (χ2v) is 5.02. The normalized spacial score (nSPS) is 12.0. The molecule has 2 aromatic rings. The third kappa shape index (κ3) is 4.13. The fourth-order valence-electron chi connectivity index (χ4n) is 1.85. The van der Waals surface area contributed by atoms with Crippen molar-refractivity contribution < 1.29 is 5.11 Å². The van der Waals surface area contributed by atoms with E-state index in [2.05, 4.69) is 0 Å². The van der Waals surface area contributed by atoms with E-state index in [0.29, 0.717) is 16.5 Å². The van der Waals surface area contributed by atoms with E-state index in [1.165, 1.54) is 0 Å². The van der Waals surface area contributed by atoms with Crippen LogP contribution in [0.15, 0.2) is 36.5 Å². The number of aromatic nitrogens is 1. The highest BCUT2D eigenvalue weighted by Gasteiger charge is 2.09. The minimum Gasteiger partial charge on any atom is -0.395 e. The van der Waals surface area contributed by atoms with E-state index in [1.54, 1.807) is 6.07 Å². The summed E-state index contributed by atoms with van der Waals surface area (Å²) in [6.45, 7) is -0.0402. The maximum absolute atomic E-state index is 9.01. The van der Waals surface area contributed by atoms with Crippen molar-refractivity contribution in [3.63, 3.8) is 0 Å². The van der Waals surface area contributed by atoms with Crippen molar-refractivity contribution in [3.8, 4) is 5.69 Å². The topological polar surface area (TPSA) is 51.2 Å². The molecule has 1 aromatic carbocycles. The molecule has 3 nitrogen and oxygen atoms in total. The molecule has 0 radical (unpaired) electrons. The first kappa shape index (κ1) is 16.3. The second-order valence-electron chi connectivity index (χ2n) is 4.14. The molecule has 0 spiro atoms. The molecule has 104 valence electrons. The van der Waals surface area contributed by atoms with Crippen LogP contribution in [0, 0.1) is 0 Å². The second kappa shape index (κ2) is 7.17. The number of hydrogen-bond acceptors (Lipinski definition) is 2. The number of aliphatic hydroxyl groups is 1. The van der Waals surface area contributed by atoms with Crippen LogP contribution in [0.3, 0.4) is 0 Å². The molecule has 3 N–H and O–H groups in total. The molecule has 1 unspecified atom stereocenters. The highest BCUT2D eigenvalue weighted by Crippen LogP contribution is 2.23. The maximum Gasteiger partial charge on any atom is 0.0586 e. The molecule has 0 saturated heterocycles. The van der Waals surface area contributed by atoms with Crippen molar-refractivity contribution in [1.82, 2.24) is 4.57 Å². The first-order chi connectivity index (χ1) is 8.60. The number of nitrogens with two attached hydrogens (primary N) is 1. The van der Waals surface area contributed by atoms with Crippen LogP contribution in [0.5, 0.6) is 0 Å². The molecule has 1 atom stereocenters. The molecule has 0 saturated carbocycles. The van der Waals surface area contributed by atoms with E-state index in [1.807, 2.05) is 35.0 Å². The van der Waals surface area contributed by atoms with Gasteiger partial charge in [0.15, 0.2) is 0 Å². The van der Waals surface area contributed by atoms with Gasteiger partial charge in [0, 0.05) is 40.1 Å². The Morgan fingerprint density at radius 1 is 1.21 bits per heavy atom. The van der Waals surface area contributed by atoms with E-state index in [0.717, 1.165) is 11.4 Å². The molecule has 6 heteroatoms. The molecule has 0 aliphatic carbocycles. The van der Waals surface area contributed by atoms with Crippen LogP contribution < -0.4 is 5.73 Å². The van der Waals surface area contributed by atoms with Gasteiger partial charge in [0.25, 0.3) is 0 Å². The standard InChI is InChI=1S/C13H14Cl2N2O.ClH/c14-9-4-10(15)6-13(5-9)17-3-1-2-12(17)7-11(16)8-18;/h1-6,11,18H,7-8,16H2;1H. The largest absolute Gasteiger partial charge is 0.395 e. The highest BCUT2D eigenvalue weighted by atomic mass is 35.5. The molecule has 0 amide bonds. The molecule has 0 fully saturated rings. The van der Waals surface area contributed by atoms with E-state index in [4.69, 9.17) is 34.0 Å². The summed E-state index contributed by atoms with van der Waals surface area (Å²) in [4.78, 5) is 0. The summed E-state index contributed by atoms with van der Waals surface area (Å²) in [6.07, 6.45) is 2.51. The zero-order valence-electron chi connectivity index (χ0n) is 10.1. The van der Waals surface area contributed by atoms with Crippen LogP contribution in [-0.4, -0.2) is 22.3 Å². The van der Waals surface area contributed by atoms with Gasteiger partial charge < -0.3 is 15.4 Å². The summed E-state index contributed by atoms with van der Waals surface area (Å²) in [5.74, 6) is 0. The van der Waals surface area contributed by atoms with Gasteiger partial charge in [0.1, 0.15) is 0 Å². The van der Waals surface area contributed by atoms with Crippen LogP contribution in [0.1, 0.15) is 5.69 Å². The Balaban J connectivity index is 0.00000180. The average molecular weight is 322 g/mol. The van der Waals surface area contributed by atoms with Gasteiger partial charge in [-0.25, -0.2) is 0 Å². The lowest BCUT2D eigenvalue weighted by molar-refractivity contribution is 0.264. The predicted molar refractivity (Wildman–Crippen MR) is 81.8 cm³/mol. The van der Waals surface area contributed by atoms with E-state index < -0.39 is 0 Å². The monoisotopic (exact) mass is 320 g/mol. The minimum absolute atomic E-state index is 0. The Kier molecular flexibility index (Phi) is 6.17. The van der Waals surface area contributed by atoms with Gasteiger partial charge in [0.05, 0.1) is 6.61 Å². The van der Waals surface area contributed by atoms with Crippen molar-refractivity contribution in [2.45, 2.75) is 12.5 Å². The van der Waals surface area contributed by atoms with Crippen LogP contribution in [0.2, 0.25) is 10.0 Å². The highest BCUT2D eigenvalue weighted by molar-refractivity contribution is 6.34. The number of halogens is 3. The third-order valence-corrected chi connectivity index (χ3v) is 3.10. The summed E-state index contributed by atoms with van der Waals surface area (Å²) in [5, 5.41) is 10.2. The number of aliphatic hydroxyl groups excluding tert-OH is 1. The quantitative estimate of drug-likeness (QED) is 0.909.